The van der Waals surface area contributed by atoms with Gasteiger partial charge in [0.2, 0.25) is 5.91 Å². The lowest BCUT2D eigenvalue weighted by atomic mass is 10.00. The smallest absolute Gasteiger partial charge is 0.221 e. The highest BCUT2D eigenvalue weighted by Crippen LogP contribution is 2.33. The number of halogens is 1. The van der Waals surface area contributed by atoms with Gasteiger partial charge in [-0.05, 0) is 46.3 Å². The van der Waals surface area contributed by atoms with Gasteiger partial charge in [-0.3, -0.25) is 9.59 Å². The number of hydrogen-bond donors (Lipinski definition) is 1. The van der Waals surface area contributed by atoms with Crippen LogP contribution in [0.25, 0.3) is 0 Å². The monoisotopic (exact) mass is 391 g/mol. The minimum atomic E-state index is -0.199. The second-order valence-corrected chi connectivity index (χ2v) is 6.80. The van der Waals surface area contributed by atoms with Crippen LogP contribution in [0.2, 0.25) is 0 Å². The molecule has 1 amide bonds. The number of amides is 1. The third-order valence-electron chi connectivity index (χ3n) is 3.47. The summed E-state index contributed by atoms with van der Waals surface area (Å²) in [6.45, 7) is 3.51. The van der Waals surface area contributed by atoms with Gasteiger partial charge in [0.1, 0.15) is 0 Å². The van der Waals surface area contributed by atoms with E-state index in [0.29, 0.717) is 16.8 Å². The van der Waals surface area contributed by atoms with Crippen molar-refractivity contribution in [2.45, 2.75) is 25.2 Å². The number of benzene rings is 2. The average molecular weight is 392 g/mol. The zero-order valence-electron chi connectivity index (χ0n) is 13.3. The van der Waals surface area contributed by atoms with Crippen LogP contribution in [0, 0.1) is 0 Å². The van der Waals surface area contributed by atoms with Crippen molar-refractivity contribution in [2.75, 3.05) is 11.6 Å². The van der Waals surface area contributed by atoms with Crippen LogP contribution in [0.1, 0.15) is 35.3 Å². The summed E-state index contributed by atoms with van der Waals surface area (Å²) < 4.78 is 0.840. The number of hydrogen-bond acceptors (Lipinski definition) is 3. The summed E-state index contributed by atoms with van der Waals surface area (Å²) in [6, 6.07) is 11.2. The van der Waals surface area contributed by atoms with E-state index in [-0.39, 0.29) is 11.7 Å². The number of aryl methyl sites for hydroxylation is 1. The topological polar surface area (TPSA) is 46.2 Å². The van der Waals surface area contributed by atoms with Gasteiger partial charge in [-0.25, -0.2) is 0 Å². The summed E-state index contributed by atoms with van der Waals surface area (Å²) in [5.74, 6) is -0.306. The molecule has 0 saturated heterocycles. The molecule has 2 aromatic carbocycles. The van der Waals surface area contributed by atoms with Crippen molar-refractivity contribution >= 4 is 45.1 Å². The molecule has 0 unspecified atom stereocenters. The molecule has 5 heteroatoms. The van der Waals surface area contributed by atoms with Crippen LogP contribution >= 0.6 is 27.7 Å². The van der Waals surface area contributed by atoms with Crippen molar-refractivity contribution in [2.24, 2.45) is 0 Å². The van der Waals surface area contributed by atoms with E-state index in [0.717, 1.165) is 15.8 Å². The number of carbonyl (C=O) groups excluding carboxylic acids is 2. The first-order valence-corrected chi connectivity index (χ1v) is 9.26. The molecular formula is C18H18BrNO2S. The van der Waals surface area contributed by atoms with Crippen molar-refractivity contribution in [3.8, 4) is 0 Å². The highest BCUT2D eigenvalue weighted by molar-refractivity contribution is 9.10. The third-order valence-corrected chi connectivity index (χ3v) is 5.17. The molecule has 0 bridgehead atoms. The van der Waals surface area contributed by atoms with E-state index in [4.69, 9.17) is 0 Å². The highest BCUT2D eigenvalue weighted by Gasteiger charge is 2.17. The predicted molar refractivity (Wildman–Crippen MR) is 99.5 cm³/mol. The Labute approximate surface area is 149 Å². The van der Waals surface area contributed by atoms with Gasteiger partial charge in [0.15, 0.2) is 5.78 Å². The van der Waals surface area contributed by atoms with E-state index >= 15 is 0 Å². The molecule has 1 N–H and O–H groups in total. The summed E-state index contributed by atoms with van der Waals surface area (Å²) in [5.41, 5.74) is 2.81. The van der Waals surface area contributed by atoms with Gasteiger partial charge in [0, 0.05) is 27.4 Å². The number of thioether (sulfide) groups is 1. The van der Waals surface area contributed by atoms with Crippen LogP contribution in [0.4, 0.5) is 5.69 Å². The quantitative estimate of drug-likeness (QED) is 0.580. The molecule has 0 aliphatic carbocycles. The Kier molecular flexibility index (Phi) is 6.02. The molecule has 0 atom stereocenters. The van der Waals surface area contributed by atoms with Crippen LogP contribution in [-0.2, 0) is 11.2 Å². The Morgan fingerprint density at radius 3 is 2.35 bits per heavy atom. The van der Waals surface area contributed by atoms with Gasteiger partial charge in [-0.1, -0.05) is 31.2 Å². The lowest BCUT2D eigenvalue weighted by molar-refractivity contribution is -0.114. The van der Waals surface area contributed by atoms with Gasteiger partial charge in [-0.2, -0.15) is 0 Å². The van der Waals surface area contributed by atoms with Crippen molar-refractivity contribution < 1.29 is 9.59 Å². The highest BCUT2D eigenvalue weighted by atomic mass is 79.9. The molecule has 0 aromatic heterocycles. The van der Waals surface area contributed by atoms with Crippen LogP contribution in [0.5, 0.6) is 0 Å². The molecule has 0 saturated carbocycles. The zero-order chi connectivity index (χ0) is 17.0. The number of anilines is 1. The minimum absolute atomic E-state index is 0.107. The lowest BCUT2D eigenvalue weighted by Crippen LogP contribution is -2.12. The second-order valence-electron chi connectivity index (χ2n) is 5.09. The molecule has 0 fully saturated rings. The number of ketones is 1. The summed E-state index contributed by atoms with van der Waals surface area (Å²) in [6.07, 6.45) is 2.88. The van der Waals surface area contributed by atoms with Crippen molar-refractivity contribution in [1.29, 1.82) is 0 Å². The van der Waals surface area contributed by atoms with E-state index in [1.54, 1.807) is 17.8 Å². The zero-order valence-corrected chi connectivity index (χ0v) is 15.7. The van der Waals surface area contributed by atoms with Gasteiger partial charge in [0.25, 0.3) is 0 Å². The van der Waals surface area contributed by atoms with E-state index in [2.05, 4.69) is 28.2 Å². The fourth-order valence-corrected chi connectivity index (χ4v) is 3.56. The Morgan fingerprint density at radius 1 is 1.17 bits per heavy atom. The molecule has 2 rings (SSSR count). The largest absolute Gasteiger partial charge is 0.326 e. The summed E-state index contributed by atoms with van der Waals surface area (Å²) in [7, 11) is 0. The molecule has 0 heterocycles. The van der Waals surface area contributed by atoms with E-state index in [9.17, 15) is 9.59 Å². The first-order valence-electron chi connectivity index (χ1n) is 7.25. The van der Waals surface area contributed by atoms with Crippen molar-refractivity contribution in [3.63, 3.8) is 0 Å². The SMILES string of the molecule is CCc1ccc(C(=O)c2cc(Br)c(SC)cc2NC(C)=O)cc1. The first-order chi connectivity index (χ1) is 11.0. The molecule has 0 spiro atoms. The van der Waals surface area contributed by atoms with E-state index < -0.39 is 0 Å². The fraction of sp³-hybridized carbons (Fsp3) is 0.222. The second kappa shape index (κ2) is 7.79. The van der Waals surface area contributed by atoms with Crippen molar-refractivity contribution in [3.05, 3.63) is 57.6 Å². The van der Waals surface area contributed by atoms with E-state index in [1.807, 2.05) is 36.6 Å². The van der Waals surface area contributed by atoms with E-state index in [1.165, 1.54) is 12.5 Å². The maximum atomic E-state index is 12.8. The molecule has 120 valence electrons. The lowest BCUT2D eigenvalue weighted by Gasteiger charge is -2.13. The molecule has 2 aromatic rings. The summed E-state index contributed by atoms with van der Waals surface area (Å²) in [5, 5.41) is 2.75. The maximum Gasteiger partial charge on any atom is 0.221 e. The van der Waals surface area contributed by atoms with Gasteiger partial charge >= 0.3 is 0 Å². The summed E-state index contributed by atoms with van der Waals surface area (Å²) >= 11 is 5.03. The van der Waals surface area contributed by atoms with Crippen LogP contribution in [-0.4, -0.2) is 17.9 Å². The molecule has 23 heavy (non-hydrogen) atoms. The summed E-state index contributed by atoms with van der Waals surface area (Å²) in [4.78, 5) is 25.2. The number of nitrogens with one attached hydrogen (secondary N) is 1. The minimum Gasteiger partial charge on any atom is -0.326 e. The Morgan fingerprint density at radius 2 is 1.83 bits per heavy atom. The Bertz CT molecular complexity index is 741. The number of rotatable bonds is 5. The van der Waals surface area contributed by atoms with Crippen molar-refractivity contribution in [1.82, 2.24) is 0 Å². The predicted octanol–water partition coefficient (Wildman–Crippen LogP) is 4.92. The number of carbonyl (C=O) groups is 2. The van der Waals surface area contributed by atoms with Crippen LogP contribution < -0.4 is 5.32 Å². The van der Waals surface area contributed by atoms with Gasteiger partial charge < -0.3 is 5.32 Å². The molecule has 3 nitrogen and oxygen atoms in total. The Hall–Kier alpha value is -1.59. The average Bonchev–Trinajstić information content (AvgIpc) is 2.55. The molecule has 0 aliphatic heterocycles. The van der Waals surface area contributed by atoms with Gasteiger partial charge in [0.05, 0.1) is 5.69 Å². The fourth-order valence-electron chi connectivity index (χ4n) is 2.24. The maximum absolute atomic E-state index is 12.8. The van der Waals surface area contributed by atoms with Crippen LogP contribution in [0.3, 0.4) is 0 Å². The Balaban J connectivity index is 2.48. The van der Waals surface area contributed by atoms with Crippen LogP contribution in [0.15, 0.2) is 45.8 Å². The third kappa shape index (κ3) is 4.24. The normalized spacial score (nSPS) is 10.4. The van der Waals surface area contributed by atoms with Gasteiger partial charge in [-0.15, -0.1) is 11.8 Å². The molecule has 0 aliphatic rings. The standard InChI is InChI=1S/C18H18BrNO2S/c1-4-12-5-7-13(8-6-12)18(22)14-9-15(19)17(23-3)10-16(14)20-11(2)21/h5-10H,4H2,1-3H3,(H,20,21). The first kappa shape index (κ1) is 17.8. The molecule has 0 radical (unpaired) electrons. The molecular weight excluding hydrogens is 374 g/mol.